The van der Waals surface area contributed by atoms with Crippen LogP contribution in [0.15, 0.2) is 77.5 Å². The number of anilines is 1. The molecule has 0 unspecified atom stereocenters. The number of halogens is 1. The highest BCUT2D eigenvalue weighted by molar-refractivity contribution is 6.34. The van der Waals surface area contributed by atoms with Crippen molar-refractivity contribution in [1.29, 1.82) is 0 Å². The van der Waals surface area contributed by atoms with Gasteiger partial charge in [0.2, 0.25) is 0 Å². The zero-order valence-electron chi connectivity index (χ0n) is 20.9. The number of amides is 2. The van der Waals surface area contributed by atoms with E-state index in [4.69, 9.17) is 16.3 Å². The Morgan fingerprint density at radius 2 is 1.76 bits per heavy atom. The molecule has 3 N–H and O–H groups in total. The van der Waals surface area contributed by atoms with E-state index < -0.39 is 11.8 Å². The van der Waals surface area contributed by atoms with E-state index in [1.165, 1.54) is 19.4 Å². The number of hydrogen-bond donors (Lipinski definition) is 3. The minimum atomic E-state index is -0.660. The average Bonchev–Trinajstić information content (AvgIpc) is 2.91. The molecule has 9 heteroatoms. The molecule has 0 spiro atoms. The second-order valence-electron chi connectivity index (χ2n) is 7.88. The predicted molar refractivity (Wildman–Crippen MR) is 147 cm³/mol. The van der Waals surface area contributed by atoms with Gasteiger partial charge in [0.15, 0.2) is 0 Å². The summed E-state index contributed by atoms with van der Waals surface area (Å²) in [6, 6.07) is 18.8. The van der Waals surface area contributed by atoms with E-state index in [0.29, 0.717) is 16.9 Å². The minimum absolute atomic E-state index is 0.0325. The Hall–Kier alpha value is -4.30. The number of phenolic OH excluding ortho intramolecular Hbond substituents is 1. The number of hydrogen-bond acceptors (Lipinski definition) is 6. The summed E-state index contributed by atoms with van der Waals surface area (Å²) in [5, 5.41) is 16.8. The monoisotopic (exact) mass is 520 g/mol. The van der Waals surface area contributed by atoms with Crippen molar-refractivity contribution in [3.8, 4) is 11.5 Å². The highest BCUT2D eigenvalue weighted by Gasteiger charge is 2.16. The van der Waals surface area contributed by atoms with Crippen LogP contribution in [0, 0.1) is 0 Å². The molecule has 3 aromatic rings. The SMILES string of the molecule is CCN(CC)c1ccc(/C=C(\NC(=O)c2ccccc2Cl)C(=O)NN=Cc2cc(OC)ccc2O)cc1. The Kier molecular flexibility index (Phi) is 9.69. The van der Waals surface area contributed by atoms with Crippen LogP contribution in [0.3, 0.4) is 0 Å². The molecule has 0 heterocycles. The summed E-state index contributed by atoms with van der Waals surface area (Å²) < 4.78 is 5.14. The maximum absolute atomic E-state index is 13.0. The smallest absolute Gasteiger partial charge is 0.287 e. The molecule has 0 bridgehead atoms. The molecule has 0 fully saturated rings. The summed E-state index contributed by atoms with van der Waals surface area (Å²) in [5.74, 6) is -0.714. The van der Waals surface area contributed by atoms with Crippen LogP contribution in [0.25, 0.3) is 6.08 Å². The van der Waals surface area contributed by atoms with Gasteiger partial charge >= 0.3 is 0 Å². The number of methoxy groups -OCH3 is 1. The molecule has 8 nitrogen and oxygen atoms in total. The zero-order valence-corrected chi connectivity index (χ0v) is 21.6. The van der Waals surface area contributed by atoms with Gasteiger partial charge in [-0.1, -0.05) is 35.9 Å². The van der Waals surface area contributed by atoms with E-state index in [1.54, 1.807) is 42.5 Å². The van der Waals surface area contributed by atoms with Gasteiger partial charge in [0.25, 0.3) is 11.8 Å². The molecule has 0 aromatic heterocycles. The largest absolute Gasteiger partial charge is 0.507 e. The van der Waals surface area contributed by atoms with E-state index in [2.05, 4.69) is 34.6 Å². The molecule has 37 heavy (non-hydrogen) atoms. The van der Waals surface area contributed by atoms with Crippen LogP contribution in [0.2, 0.25) is 5.02 Å². The van der Waals surface area contributed by atoms with E-state index >= 15 is 0 Å². The number of hydrazone groups is 1. The molecule has 0 aliphatic heterocycles. The van der Waals surface area contributed by atoms with Crippen molar-refractivity contribution in [3.63, 3.8) is 0 Å². The first-order valence-corrected chi connectivity index (χ1v) is 12.1. The zero-order chi connectivity index (χ0) is 26.8. The number of ether oxygens (including phenoxy) is 1. The summed E-state index contributed by atoms with van der Waals surface area (Å²) in [4.78, 5) is 28.1. The molecule has 3 rings (SSSR count). The van der Waals surface area contributed by atoms with Crippen LogP contribution < -0.4 is 20.4 Å². The third-order valence-corrected chi connectivity index (χ3v) is 5.88. The lowest BCUT2D eigenvalue weighted by atomic mass is 10.1. The van der Waals surface area contributed by atoms with Crippen molar-refractivity contribution in [1.82, 2.24) is 10.7 Å². The summed E-state index contributed by atoms with van der Waals surface area (Å²) >= 11 is 6.16. The number of nitrogens with zero attached hydrogens (tertiary/aromatic N) is 2. The summed E-state index contributed by atoms with van der Waals surface area (Å²) in [6.45, 7) is 5.90. The van der Waals surface area contributed by atoms with E-state index in [-0.39, 0.29) is 22.0 Å². The molecule has 0 saturated heterocycles. The summed E-state index contributed by atoms with van der Waals surface area (Å²) in [6.07, 6.45) is 2.83. The van der Waals surface area contributed by atoms with E-state index in [9.17, 15) is 14.7 Å². The van der Waals surface area contributed by atoms with Crippen molar-refractivity contribution in [2.75, 3.05) is 25.1 Å². The van der Waals surface area contributed by atoms with Crippen LogP contribution in [0.4, 0.5) is 5.69 Å². The first-order chi connectivity index (χ1) is 17.9. The Balaban J connectivity index is 1.86. The van der Waals surface area contributed by atoms with Crippen molar-refractivity contribution in [3.05, 3.63) is 94.1 Å². The first kappa shape index (κ1) is 27.3. The summed E-state index contributed by atoms with van der Waals surface area (Å²) in [7, 11) is 1.50. The number of nitrogens with one attached hydrogen (secondary N) is 2. The molecule has 3 aromatic carbocycles. The maximum Gasteiger partial charge on any atom is 0.287 e. The molecular formula is C28H29ClN4O4. The number of carbonyl (C=O) groups is 2. The minimum Gasteiger partial charge on any atom is -0.507 e. The highest BCUT2D eigenvalue weighted by Crippen LogP contribution is 2.21. The molecule has 0 atom stereocenters. The van der Waals surface area contributed by atoms with Crippen molar-refractivity contribution in [2.24, 2.45) is 5.10 Å². The Labute approximate surface area is 221 Å². The lowest BCUT2D eigenvalue weighted by Crippen LogP contribution is -2.33. The third-order valence-electron chi connectivity index (χ3n) is 5.55. The lowest BCUT2D eigenvalue weighted by molar-refractivity contribution is -0.117. The van der Waals surface area contributed by atoms with Gasteiger partial charge in [-0.15, -0.1) is 0 Å². The standard InChI is InChI=1S/C28H29ClN4O4/c1-4-33(5-2)21-12-10-19(11-13-21)16-25(31-27(35)23-8-6-7-9-24(23)29)28(36)32-30-18-20-17-22(37-3)14-15-26(20)34/h6-18,34H,4-5H2,1-3H3,(H,31,35)(H,32,36)/b25-16-,30-18?. The number of phenols is 1. The Morgan fingerprint density at radius 1 is 1.05 bits per heavy atom. The quantitative estimate of drug-likeness (QED) is 0.202. The van der Waals surface area contributed by atoms with Gasteiger partial charge in [0.05, 0.1) is 23.9 Å². The predicted octanol–water partition coefficient (Wildman–Crippen LogP) is 4.82. The van der Waals surface area contributed by atoms with Crippen molar-refractivity contribution in [2.45, 2.75) is 13.8 Å². The third kappa shape index (κ3) is 7.35. The second kappa shape index (κ2) is 13.1. The van der Waals surface area contributed by atoms with Gasteiger partial charge in [0, 0.05) is 24.3 Å². The number of rotatable bonds is 10. The van der Waals surface area contributed by atoms with Crippen LogP contribution in [0.1, 0.15) is 35.3 Å². The molecule has 0 radical (unpaired) electrons. The molecule has 0 aliphatic carbocycles. The molecule has 2 amide bonds. The Bertz CT molecular complexity index is 1300. The first-order valence-electron chi connectivity index (χ1n) is 11.7. The van der Waals surface area contributed by atoms with E-state index in [0.717, 1.165) is 18.8 Å². The molecule has 0 saturated carbocycles. The van der Waals surface area contributed by atoms with Crippen LogP contribution >= 0.6 is 11.6 Å². The normalized spacial score (nSPS) is 11.3. The number of benzene rings is 3. The fraction of sp³-hybridized carbons (Fsp3) is 0.179. The lowest BCUT2D eigenvalue weighted by Gasteiger charge is -2.21. The molecule has 0 aliphatic rings. The molecular weight excluding hydrogens is 492 g/mol. The van der Waals surface area contributed by atoms with E-state index in [1.807, 2.05) is 24.3 Å². The van der Waals surface area contributed by atoms with Gasteiger partial charge < -0.3 is 20.1 Å². The van der Waals surface area contributed by atoms with Gasteiger partial charge in [-0.05, 0) is 68.0 Å². The number of carbonyl (C=O) groups excluding carboxylic acids is 2. The fourth-order valence-corrected chi connectivity index (χ4v) is 3.74. The second-order valence-corrected chi connectivity index (χ2v) is 8.29. The maximum atomic E-state index is 13.0. The molecule has 192 valence electrons. The highest BCUT2D eigenvalue weighted by atomic mass is 35.5. The average molecular weight is 521 g/mol. The van der Waals surface area contributed by atoms with Gasteiger partial charge in [0.1, 0.15) is 17.2 Å². The van der Waals surface area contributed by atoms with Crippen LogP contribution in [-0.4, -0.2) is 43.3 Å². The van der Waals surface area contributed by atoms with Crippen LogP contribution in [-0.2, 0) is 4.79 Å². The van der Waals surface area contributed by atoms with Crippen LogP contribution in [0.5, 0.6) is 11.5 Å². The van der Waals surface area contributed by atoms with Crippen molar-refractivity contribution >= 4 is 41.4 Å². The van der Waals surface area contributed by atoms with Gasteiger partial charge in [-0.3, -0.25) is 9.59 Å². The Morgan fingerprint density at radius 3 is 2.41 bits per heavy atom. The van der Waals surface area contributed by atoms with Gasteiger partial charge in [-0.2, -0.15) is 5.10 Å². The fourth-order valence-electron chi connectivity index (χ4n) is 3.51. The van der Waals surface area contributed by atoms with Gasteiger partial charge in [-0.25, -0.2) is 5.43 Å². The van der Waals surface area contributed by atoms with Crippen molar-refractivity contribution < 1.29 is 19.4 Å². The number of aromatic hydroxyl groups is 1. The summed E-state index contributed by atoms with van der Waals surface area (Å²) in [5.41, 5.74) is 4.68. The topological polar surface area (TPSA) is 103 Å².